The molecule has 1 atom stereocenters. The van der Waals surface area contributed by atoms with Gasteiger partial charge in [-0.1, -0.05) is 26.2 Å². The van der Waals surface area contributed by atoms with Crippen LogP contribution in [0.5, 0.6) is 0 Å². The molecule has 118 valence electrons. The van der Waals surface area contributed by atoms with Crippen molar-refractivity contribution in [2.24, 2.45) is 17.2 Å². The number of hydrogen-bond donors (Lipinski definition) is 2. The topological polar surface area (TPSA) is 73.6 Å². The van der Waals surface area contributed by atoms with Crippen molar-refractivity contribution >= 4 is 6.09 Å². The van der Waals surface area contributed by atoms with Gasteiger partial charge < -0.3 is 14.9 Å². The van der Waals surface area contributed by atoms with Crippen molar-refractivity contribution in [3.8, 4) is 0 Å². The third-order valence-electron chi connectivity index (χ3n) is 4.04. The smallest absolute Gasteiger partial charge is 0.407 e. The Bertz CT molecular complexity index is 309. The Balaban J connectivity index is 2.55. The van der Waals surface area contributed by atoms with Gasteiger partial charge in [0.25, 0.3) is 0 Å². The molecule has 3 N–H and O–H groups in total. The summed E-state index contributed by atoms with van der Waals surface area (Å²) in [6.07, 6.45) is 5.77. The van der Waals surface area contributed by atoms with Crippen LogP contribution in [-0.4, -0.2) is 24.8 Å². The SMILES string of the molecule is CC(C)(C)OC(=O)NCC(C)(CON)C1CCCCC1. The predicted molar refractivity (Wildman–Crippen MR) is 79.1 cm³/mol. The van der Waals surface area contributed by atoms with E-state index >= 15 is 0 Å². The minimum atomic E-state index is -0.476. The first-order valence-corrected chi connectivity index (χ1v) is 7.55. The molecule has 0 aliphatic heterocycles. The van der Waals surface area contributed by atoms with Crippen molar-refractivity contribution in [2.75, 3.05) is 13.2 Å². The quantitative estimate of drug-likeness (QED) is 0.762. The van der Waals surface area contributed by atoms with Crippen LogP contribution in [0.2, 0.25) is 0 Å². The molecule has 1 aliphatic rings. The molecule has 0 aromatic carbocycles. The molecule has 0 saturated heterocycles. The average Bonchev–Trinajstić information content (AvgIpc) is 2.36. The highest BCUT2D eigenvalue weighted by Crippen LogP contribution is 2.38. The van der Waals surface area contributed by atoms with Crippen molar-refractivity contribution < 1.29 is 14.4 Å². The molecule has 0 heterocycles. The van der Waals surface area contributed by atoms with Gasteiger partial charge >= 0.3 is 6.09 Å². The first-order valence-electron chi connectivity index (χ1n) is 7.55. The fraction of sp³-hybridized carbons (Fsp3) is 0.933. The molecule has 0 aromatic heterocycles. The standard InChI is InChI=1S/C15H30N2O3/c1-14(2,3)20-13(18)17-10-15(4,11-19-16)12-8-6-5-7-9-12/h12H,5-11,16H2,1-4H3,(H,17,18). The molecule has 1 rings (SSSR count). The van der Waals surface area contributed by atoms with Gasteiger partial charge in [-0.3, -0.25) is 0 Å². The van der Waals surface area contributed by atoms with Crippen molar-refractivity contribution in [3.05, 3.63) is 0 Å². The lowest BCUT2D eigenvalue weighted by molar-refractivity contribution is 0.000360. The predicted octanol–water partition coefficient (Wildman–Crippen LogP) is 2.99. The summed E-state index contributed by atoms with van der Waals surface area (Å²) in [5.41, 5.74) is -0.609. The van der Waals surface area contributed by atoms with Crippen LogP contribution in [0.4, 0.5) is 4.79 Å². The monoisotopic (exact) mass is 286 g/mol. The highest BCUT2D eigenvalue weighted by Gasteiger charge is 2.36. The number of nitrogens with two attached hydrogens (primary N) is 1. The summed E-state index contributed by atoms with van der Waals surface area (Å²) in [7, 11) is 0. The lowest BCUT2D eigenvalue weighted by Gasteiger charge is -2.39. The van der Waals surface area contributed by atoms with Crippen LogP contribution in [-0.2, 0) is 9.57 Å². The van der Waals surface area contributed by atoms with E-state index in [1.54, 1.807) is 0 Å². The number of rotatable bonds is 5. The number of hydrogen-bond acceptors (Lipinski definition) is 4. The molecule has 1 fully saturated rings. The van der Waals surface area contributed by atoms with Crippen LogP contribution in [0.1, 0.15) is 59.8 Å². The first-order chi connectivity index (χ1) is 9.27. The van der Waals surface area contributed by atoms with Gasteiger partial charge in [-0.2, -0.15) is 0 Å². The number of alkyl carbamates (subject to hydrolysis) is 1. The number of amides is 1. The largest absolute Gasteiger partial charge is 0.444 e. The second-order valence-corrected chi connectivity index (χ2v) is 7.16. The molecule has 0 bridgehead atoms. The van der Waals surface area contributed by atoms with E-state index in [2.05, 4.69) is 12.2 Å². The summed E-state index contributed by atoms with van der Waals surface area (Å²) in [6.45, 7) is 8.69. The van der Waals surface area contributed by atoms with E-state index in [0.717, 1.165) is 0 Å². The van der Waals surface area contributed by atoms with Gasteiger partial charge in [-0.15, -0.1) is 0 Å². The maximum Gasteiger partial charge on any atom is 0.407 e. The van der Waals surface area contributed by atoms with Crippen molar-refractivity contribution in [2.45, 2.75) is 65.4 Å². The fourth-order valence-electron chi connectivity index (χ4n) is 2.89. The van der Waals surface area contributed by atoms with Crippen LogP contribution < -0.4 is 11.2 Å². The Hall–Kier alpha value is -0.810. The van der Waals surface area contributed by atoms with E-state index in [-0.39, 0.29) is 11.5 Å². The Morgan fingerprint density at radius 2 is 1.80 bits per heavy atom. The highest BCUT2D eigenvalue weighted by atomic mass is 16.6. The van der Waals surface area contributed by atoms with Gasteiger partial charge in [-0.05, 0) is 39.5 Å². The third-order valence-corrected chi connectivity index (χ3v) is 4.04. The molecular weight excluding hydrogens is 256 g/mol. The molecule has 5 nitrogen and oxygen atoms in total. The zero-order chi connectivity index (χ0) is 15.2. The van der Waals surface area contributed by atoms with Gasteiger partial charge in [-0.25, -0.2) is 10.7 Å². The Morgan fingerprint density at radius 1 is 1.20 bits per heavy atom. The molecule has 5 heteroatoms. The molecule has 0 spiro atoms. The Labute approximate surface area is 122 Å². The number of carbonyl (C=O) groups excluding carboxylic acids is 1. The van der Waals surface area contributed by atoms with E-state index in [4.69, 9.17) is 15.5 Å². The molecule has 0 radical (unpaired) electrons. The Kier molecular flexibility index (Phi) is 6.27. The van der Waals surface area contributed by atoms with Gasteiger partial charge in [0.05, 0.1) is 6.61 Å². The van der Waals surface area contributed by atoms with Crippen LogP contribution >= 0.6 is 0 Å². The molecule has 1 unspecified atom stereocenters. The number of carbonyl (C=O) groups is 1. The molecule has 20 heavy (non-hydrogen) atoms. The van der Waals surface area contributed by atoms with Crippen LogP contribution in [0.3, 0.4) is 0 Å². The first kappa shape index (κ1) is 17.2. The summed E-state index contributed by atoms with van der Waals surface area (Å²) in [6, 6.07) is 0. The summed E-state index contributed by atoms with van der Waals surface area (Å²) in [5.74, 6) is 5.82. The van der Waals surface area contributed by atoms with Crippen LogP contribution in [0.15, 0.2) is 0 Å². The minimum Gasteiger partial charge on any atom is -0.444 e. The lowest BCUT2D eigenvalue weighted by Crippen LogP contribution is -2.46. The van der Waals surface area contributed by atoms with Crippen LogP contribution in [0.25, 0.3) is 0 Å². The second-order valence-electron chi connectivity index (χ2n) is 7.16. The van der Waals surface area contributed by atoms with Gasteiger partial charge in [0.1, 0.15) is 5.60 Å². The fourth-order valence-corrected chi connectivity index (χ4v) is 2.89. The highest BCUT2D eigenvalue weighted by molar-refractivity contribution is 5.67. The van der Waals surface area contributed by atoms with Gasteiger partial charge in [0.2, 0.25) is 0 Å². The van der Waals surface area contributed by atoms with Crippen molar-refractivity contribution in [1.82, 2.24) is 5.32 Å². The maximum atomic E-state index is 11.8. The molecule has 0 aromatic rings. The summed E-state index contributed by atoms with van der Waals surface area (Å²) in [5, 5.41) is 2.87. The van der Waals surface area contributed by atoms with E-state index < -0.39 is 5.60 Å². The number of nitrogens with one attached hydrogen (secondary N) is 1. The van der Waals surface area contributed by atoms with E-state index in [1.807, 2.05) is 20.8 Å². The summed E-state index contributed by atoms with van der Waals surface area (Å²) < 4.78 is 5.28. The molecule has 1 saturated carbocycles. The van der Waals surface area contributed by atoms with E-state index in [9.17, 15) is 4.79 Å². The van der Waals surface area contributed by atoms with Gasteiger partial charge in [0.15, 0.2) is 0 Å². The lowest BCUT2D eigenvalue weighted by atomic mass is 9.70. The van der Waals surface area contributed by atoms with Crippen LogP contribution in [0, 0.1) is 11.3 Å². The summed E-state index contributed by atoms with van der Waals surface area (Å²) in [4.78, 5) is 16.7. The zero-order valence-corrected chi connectivity index (χ0v) is 13.3. The molecular formula is C15H30N2O3. The second kappa shape index (κ2) is 7.27. The van der Waals surface area contributed by atoms with E-state index in [0.29, 0.717) is 19.1 Å². The maximum absolute atomic E-state index is 11.8. The molecule has 1 aliphatic carbocycles. The van der Waals surface area contributed by atoms with Crippen molar-refractivity contribution in [1.29, 1.82) is 0 Å². The van der Waals surface area contributed by atoms with E-state index in [1.165, 1.54) is 32.1 Å². The Morgan fingerprint density at radius 3 is 2.30 bits per heavy atom. The minimum absolute atomic E-state index is 0.133. The average molecular weight is 286 g/mol. The number of ether oxygens (including phenoxy) is 1. The molecule has 1 amide bonds. The summed E-state index contributed by atoms with van der Waals surface area (Å²) >= 11 is 0. The van der Waals surface area contributed by atoms with Crippen molar-refractivity contribution in [3.63, 3.8) is 0 Å². The zero-order valence-electron chi connectivity index (χ0n) is 13.3. The van der Waals surface area contributed by atoms with Gasteiger partial charge in [0, 0.05) is 12.0 Å². The normalized spacial score (nSPS) is 20.2. The third kappa shape index (κ3) is 5.67.